The largest absolute Gasteiger partial charge is 0.492 e. The van der Waals surface area contributed by atoms with Crippen molar-refractivity contribution in [2.75, 3.05) is 60.1 Å². The first-order valence-electron chi connectivity index (χ1n) is 12.0. The Balaban J connectivity index is 1.66. The van der Waals surface area contributed by atoms with Crippen LogP contribution < -0.4 is 9.46 Å². The van der Waals surface area contributed by atoms with E-state index in [1.54, 1.807) is 27.9 Å². The number of aliphatic hydroxyl groups is 1. The van der Waals surface area contributed by atoms with Crippen molar-refractivity contribution >= 4 is 15.9 Å². The molecule has 0 radical (unpaired) electrons. The van der Waals surface area contributed by atoms with E-state index < -0.39 is 16.1 Å². The summed E-state index contributed by atoms with van der Waals surface area (Å²) in [5, 5.41) is 14.7. The van der Waals surface area contributed by atoms with Crippen LogP contribution in [0.15, 0.2) is 35.5 Å². The highest BCUT2D eigenvalue weighted by molar-refractivity contribution is 7.89. The molecule has 1 aromatic heterocycles. The number of hydrogen-bond acceptors (Lipinski definition) is 8. The van der Waals surface area contributed by atoms with E-state index >= 15 is 0 Å². The average molecular weight is 522 g/mol. The van der Waals surface area contributed by atoms with Gasteiger partial charge in [-0.1, -0.05) is 6.07 Å². The van der Waals surface area contributed by atoms with Crippen LogP contribution in [-0.2, 0) is 26.6 Å². The van der Waals surface area contributed by atoms with Crippen LogP contribution in [0.2, 0.25) is 0 Å². The van der Waals surface area contributed by atoms with Crippen molar-refractivity contribution in [2.24, 2.45) is 12.5 Å². The fourth-order valence-corrected chi connectivity index (χ4v) is 6.16. The van der Waals surface area contributed by atoms with Crippen molar-refractivity contribution in [3.63, 3.8) is 0 Å². The monoisotopic (exact) mass is 521 g/mol. The Morgan fingerprint density at radius 2 is 2.03 bits per heavy atom. The number of rotatable bonds is 3. The van der Waals surface area contributed by atoms with Crippen LogP contribution in [0.5, 0.6) is 5.75 Å². The van der Waals surface area contributed by atoms with E-state index in [1.165, 1.54) is 13.2 Å². The molecule has 2 aliphatic heterocycles. The van der Waals surface area contributed by atoms with Gasteiger partial charge in [0.1, 0.15) is 17.3 Å². The molecule has 2 aromatic rings. The number of likely N-dealkylation sites (N-methyl/N-ethyl adjacent to an activating group) is 1. The second kappa shape index (κ2) is 10.9. The van der Waals surface area contributed by atoms with E-state index in [0.29, 0.717) is 39.0 Å². The number of ether oxygens (including phenoxy) is 2. The van der Waals surface area contributed by atoms with E-state index in [-0.39, 0.29) is 41.7 Å². The highest BCUT2D eigenvalue weighted by Crippen LogP contribution is 2.36. The molecule has 0 aliphatic carbocycles. The van der Waals surface area contributed by atoms with Gasteiger partial charge in [-0.25, -0.2) is 13.1 Å². The minimum absolute atomic E-state index is 0.0270. The Hall–Kier alpha value is -2.51. The summed E-state index contributed by atoms with van der Waals surface area (Å²) in [4.78, 5) is 16.2. The molecule has 0 saturated carbocycles. The maximum atomic E-state index is 13.1. The van der Waals surface area contributed by atoms with Crippen molar-refractivity contribution in [1.29, 1.82) is 0 Å². The molecule has 11 nitrogen and oxygen atoms in total. The van der Waals surface area contributed by atoms with Gasteiger partial charge in [-0.2, -0.15) is 5.10 Å². The summed E-state index contributed by atoms with van der Waals surface area (Å²) in [6.45, 7) is 2.28. The molecule has 198 valence electrons. The van der Waals surface area contributed by atoms with Crippen molar-refractivity contribution in [3.05, 3.63) is 30.6 Å². The van der Waals surface area contributed by atoms with Gasteiger partial charge >= 0.3 is 0 Å². The molecule has 2 N–H and O–H groups in total. The Morgan fingerprint density at radius 3 is 2.69 bits per heavy atom. The third-order valence-electron chi connectivity index (χ3n) is 6.89. The van der Waals surface area contributed by atoms with Crippen LogP contribution in [0, 0.1) is 5.41 Å². The molecule has 1 fully saturated rings. The summed E-state index contributed by atoms with van der Waals surface area (Å²) >= 11 is 0. The zero-order valence-corrected chi connectivity index (χ0v) is 21.8. The van der Waals surface area contributed by atoms with Gasteiger partial charge in [-0.15, -0.1) is 0 Å². The molecule has 3 heterocycles. The third kappa shape index (κ3) is 6.06. The van der Waals surface area contributed by atoms with Crippen molar-refractivity contribution in [3.8, 4) is 16.9 Å². The first kappa shape index (κ1) is 26.6. The lowest BCUT2D eigenvalue weighted by molar-refractivity contribution is -0.138. The van der Waals surface area contributed by atoms with Crippen LogP contribution >= 0.6 is 0 Å². The molecule has 1 spiro atoms. The van der Waals surface area contributed by atoms with Gasteiger partial charge < -0.3 is 24.4 Å². The molecule has 1 saturated heterocycles. The van der Waals surface area contributed by atoms with E-state index in [0.717, 1.165) is 11.1 Å². The van der Waals surface area contributed by atoms with Crippen LogP contribution in [0.4, 0.5) is 0 Å². The topological polar surface area (TPSA) is 126 Å². The Labute approximate surface area is 212 Å². The summed E-state index contributed by atoms with van der Waals surface area (Å²) in [7, 11) is 1.30. The lowest BCUT2D eigenvalue weighted by Gasteiger charge is -2.44. The zero-order chi connectivity index (χ0) is 25.9. The van der Waals surface area contributed by atoms with Gasteiger partial charge in [0.05, 0.1) is 18.9 Å². The van der Waals surface area contributed by atoms with Gasteiger partial charge in [0.15, 0.2) is 0 Å². The predicted molar refractivity (Wildman–Crippen MR) is 133 cm³/mol. The summed E-state index contributed by atoms with van der Waals surface area (Å²) in [5.41, 5.74) is 1.31. The number of likely N-dealkylation sites (tertiary alicyclic amines) is 1. The maximum absolute atomic E-state index is 13.1. The molecule has 2 aliphatic rings. The average Bonchev–Trinajstić information content (AvgIpc) is 3.27. The number of carbonyl (C=O) groups excluding carboxylic acids is 1. The Morgan fingerprint density at radius 1 is 1.28 bits per heavy atom. The van der Waals surface area contributed by atoms with Crippen LogP contribution in [0.3, 0.4) is 0 Å². The smallest absolute Gasteiger partial charge is 0.248 e. The summed E-state index contributed by atoms with van der Waals surface area (Å²) in [5.74, 6) is 0.202. The number of piperidine rings is 1. The molecule has 1 unspecified atom stereocenters. The van der Waals surface area contributed by atoms with Gasteiger partial charge in [0, 0.05) is 64.1 Å². The SMILES string of the molecule is COCC(=O)N1CCC2(CC1)COc1cc(-c3cnn(C)c3)ccc1S(=O)(=O)NCC(O)CN(C)C2. The number of benzene rings is 1. The summed E-state index contributed by atoms with van der Waals surface area (Å²) < 4.78 is 41.8. The molecule has 0 bridgehead atoms. The number of methoxy groups -OCH3 is 1. The van der Waals surface area contributed by atoms with Crippen molar-refractivity contribution in [1.82, 2.24) is 24.3 Å². The fourth-order valence-electron chi connectivity index (χ4n) is 4.96. The number of sulfonamides is 1. The highest BCUT2D eigenvalue weighted by atomic mass is 32.2. The third-order valence-corrected chi connectivity index (χ3v) is 8.35. The van der Waals surface area contributed by atoms with Crippen LogP contribution in [0.25, 0.3) is 11.1 Å². The number of hydrogen-bond donors (Lipinski definition) is 2. The second-order valence-electron chi connectivity index (χ2n) is 9.87. The minimum Gasteiger partial charge on any atom is -0.492 e. The Bertz CT molecular complexity index is 1180. The molecular weight excluding hydrogens is 486 g/mol. The van der Waals surface area contributed by atoms with Gasteiger partial charge in [0.2, 0.25) is 15.9 Å². The fraction of sp³-hybridized carbons (Fsp3) is 0.583. The standard InChI is InChI=1S/C24H35N5O6S/c1-27-14-20(30)12-26-36(32,33)22-5-4-18(19-11-25-28(2)13-19)10-21(22)35-17-24(16-27)6-8-29(9-7-24)23(31)15-34-3/h4-5,10-11,13,20,26,30H,6-9,12,14-17H2,1-3H3. The number of amides is 1. The van der Waals surface area contributed by atoms with Crippen LogP contribution in [-0.4, -0.2) is 105 Å². The Kier molecular flexibility index (Phi) is 8.00. The molecule has 1 aromatic carbocycles. The maximum Gasteiger partial charge on any atom is 0.248 e. The number of nitrogens with zero attached hydrogens (tertiary/aromatic N) is 4. The summed E-state index contributed by atoms with van der Waals surface area (Å²) in [6.07, 6.45) is 4.06. The number of aromatic nitrogens is 2. The highest BCUT2D eigenvalue weighted by Gasteiger charge is 2.39. The number of carbonyl (C=O) groups is 1. The number of fused-ring (bicyclic) bond motifs is 1. The molecule has 12 heteroatoms. The number of aliphatic hydroxyl groups excluding tert-OH is 1. The number of aryl methyl sites for hydroxylation is 1. The van der Waals surface area contributed by atoms with E-state index in [1.807, 2.05) is 25.2 Å². The zero-order valence-electron chi connectivity index (χ0n) is 21.0. The van der Waals surface area contributed by atoms with Gasteiger partial charge in [0.25, 0.3) is 0 Å². The number of nitrogens with one attached hydrogen (secondary N) is 1. The number of β-amino-alcohol motifs (C(OH)–C–C–N with tert-alkyl or cyclic N) is 1. The first-order chi connectivity index (χ1) is 17.1. The van der Waals surface area contributed by atoms with Gasteiger partial charge in [-0.05, 0) is 37.6 Å². The quantitative estimate of drug-likeness (QED) is 0.591. The van der Waals surface area contributed by atoms with E-state index in [4.69, 9.17) is 9.47 Å². The van der Waals surface area contributed by atoms with E-state index in [9.17, 15) is 18.3 Å². The normalized spacial score (nSPS) is 22.8. The predicted octanol–water partition coefficient (Wildman–Crippen LogP) is 0.306. The van der Waals surface area contributed by atoms with Crippen molar-refractivity contribution < 1.29 is 27.8 Å². The van der Waals surface area contributed by atoms with Crippen molar-refractivity contribution in [2.45, 2.75) is 23.8 Å². The summed E-state index contributed by atoms with van der Waals surface area (Å²) in [6, 6.07) is 4.98. The molecule has 1 atom stereocenters. The molecule has 1 amide bonds. The molecular formula is C24H35N5O6S. The molecule has 4 rings (SSSR count). The molecule has 36 heavy (non-hydrogen) atoms. The van der Waals surface area contributed by atoms with Gasteiger partial charge in [-0.3, -0.25) is 9.48 Å². The second-order valence-corrected chi connectivity index (χ2v) is 11.6. The van der Waals surface area contributed by atoms with E-state index in [2.05, 4.69) is 9.82 Å². The minimum atomic E-state index is -3.92. The van der Waals surface area contributed by atoms with Crippen LogP contribution in [0.1, 0.15) is 12.8 Å². The first-order valence-corrected chi connectivity index (χ1v) is 13.5. The lowest BCUT2D eigenvalue weighted by atomic mass is 9.78. The lowest BCUT2D eigenvalue weighted by Crippen LogP contribution is -2.52.